The summed E-state index contributed by atoms with van der Waals surface area (Å²) in [6.07, 6.45) is 1.15. The van der Waals surface area contributed by atoms with Gasteiger partial charge in [0, 0.05) is 19.2 Å². The lowest BCUT2D eigenvalue weighted by atomic mass is 10.0. The first-order valence-electron chi connectivity index (χ1n) is 6.23. The first-order chi connectivity index (χ1) is 8.19. The summed E-state index contributed by atoms with van der Waals surface area (Å²) in [7, 11) is 1.99. The highest BCUT2D eigenvalue weighted by Crippen LogP contribution is 2.22. The summed E-state index contributed by atoms with van der Waals surface area (Å²) in [4.78, 5) is 2.11. The van der Waals surface area contributed by atoms with Crippen molar-refractivity contribution in [2.75, 3.05) is 20.2 Å². The van der Waals surface area contributed by atoms with Crippen molar-refractivity contribution in [1.82, 2.24) is 4.90 Å². The zero-order valence-electron chi connectivity index (χ0n) is 10.7. The van der Waals surface area contributed by atoms with Crippen LogP contribution in [-0.4, -0.2) is 41.4 Å². The minimum absolute atomic E-state index is 0.159. The van der Waals surface area contributed by atoms with Crippen molar-refractivity contribution in [3.05, 3.63) is 35.9 Å². The second kappa shape index (κ2) is 7.43. The van der Waals surface area contributed by atoms with Gasteiger partial charge in [0.05, 0.1) is 6.10 Å². The molecule has 1 aromatic carbocycles. The smallest absolute Gasteiger partial charge is 0.0664 e. The van der Waals surface area contributed by atoms with Gasteiger partial charge in [0.2, 0.25) is 0 Å². The number of likely N-dealkylation sites (N-methyl/N-ethyl adjacent to an activating group) is 1. The zero-order valence-corrected chi connectivity index (χ0v) is 10.7. The molecule has 2 N–H and O–H groups in total. The fourth-order valence-electron chi connectivity index (χ4n) is 2.03. The van der Waals surface area contributed by atoms with Crippen LogP contribution in [0, 0.1) is 0 Å². The van der Waals surface area contributed by atoms with Crippen LogP contribution in [0.2, 0.25) is 0 Å². The van der Waals surface area contributed by atoms with Crippen LogP contribution in [0.25, 0.3) is 0 Å². The largest absolute Gasteiger partial charge is 0.396 e. The van der Waals surface area contributed by atoms with Crippen molar-refractivity contribution in [3.8, 4) is 0 Å². The summed E-state index contributed by atoms with van der Waals surface area (Å²) in [5.74, 6) is 0. The molecule has 0 saturated heterocycles. The van der Waals surface area contributed by atoms with Crippen molar-refractivity contribution >= 4 is 0 Å². The predicted octanol–water partition coefficient (Wildman–Crippen LogP) is 1.81. The molecule has 0 aliphatic carbocycles. The molecule has 17 heavy (non-hydrogen) atoms. The fourth-order valence-corrected chi connectivity index (χ4v) is 2.03. The number of hydrogen-bond acceptors (Lipinski definition) is 3. The van der Waals surface area contributed by atoms with Gasteiger partial charge in [-0.1, -0.05) is 37.3 Å². The van der Waals surface area contributed by atoms with E-state index in [2.05, 4.69) is 17.0 Å². The van der Waals surface area contributed by atoms with Crippen LogP contribution in [0.15, 0.2) is 30.3 Å². The third-order valence-electron chi connectivity index (χ3n) is 3.09. The molecule has 0 radical (unpaired) electrons. The van der Waals surface area contributed by atoms with Gasteiger partial charge in [-0.25, -0.2) is 0 Å². The minimum atomic E-state index is -0.301. The van der Waals surface area contributed by atoms with Gasteiger partial charge in [-0.05, 0) is 25.5 Å². The Kier molecular flexibility index (Phi) is 6.19. The van der Waals surface area contributed by atoms with Crippen LogP contribution in [0.4, 0.5) is 0 Å². The molecule has 0 amide bonds. The number of aliphatic hydroxyl groups is 2. The maximum atomic E-state index is 9.69. The zero-order chi connectivity index (χ0) is 12.7. The van der Waals surface area contributed by atoms with Crippen LogP contribution in [-0.2, 0) is 0 Å². The number of aliphatic hydroxyl groups excluding tert-OH is 2. The third-order valence-corrected chi connectivity index (χ3v) is 3.09. The molecule has 3 nitrogen and oxygen atoms in total. The van der Waals surface area contributed by atoms with Crippen LogP contribution in [0.3, 0.4) is 0 Å². The molecule has 0 bridgehead atoms. The summed E-state index contributed by atoms with van der Waals surface area (Å²) in [6.45, 7) is 2.77. The van der Waals surface area contributed by atoms with Gasteiger partial charge in [0.1, 0.15) is 0 Å². The standard InChI is InChI=1S/C14H23NO2/c1-3-13(17)11-15(2)14(9-10-16)12-7-5-4-6-8-12/h4-8,13-14,16-17H,3,9-11H2,1-2H3/t13-,14?/m1/s1. The highest BCUT2D eigenvalue weighted by atomic mass is 16.3. The Morgan fingerprint density at radius 3 is 2.41 bits per heavy atom. The number of hydrogen-bond donors (Lipinski definition) is 2. The van der Waals surface area contributed by atoms with Crippen molar-refractivity contribution in [1.29, 1.82) is 0 Å². The van der Waals surface area contributed by atoms with Gasteiger partial charge in [-0.2, -0.15) is 0 Å². The van der Waals surface area contributed by atoms with Crippen molar-refractivity contribution < 1.29 is 10.2 Å². The second-order valence-corrected chi connectivity index (χ2v) is 4.44. The van der Waals surface area contributed by atoms with Gasteiger partial charge in [-0.15, -0.1) is 0 Å². The summed E-state index contributed by atoms with van der Waals surface area (Å²) < 4.78 is 0. The van der Waals surface area contributed by atoms with Gasteiger partial charge < -0.3 is 10.2 Å². The van der Waals surface area contributed by atoms with E-state index in [0.717, 1.165) is 6.42 Å². The molecule has 0 spiro atoms. The predicted molar refractivity (Wildman–Crippen MR) is 69.8 cm³/mol. The number of nitrogens with zero attached hydrogens (tertiary/aromatic N) is 1. The highest BCUT2D eigenvalue weighted by molar-refractivity contribution is 5.18. The Hall–Kier alpha value is -0.900. The Labute approximate surface area is 104 Å². The molecule has 1 rings (SSSR count). The molecule has 2 atom stereocenters. The lowest BCUT2D eigenvalue weighted by Gasteiger charge is -2.29. The molecule has 0 fully saturated rings. The van der Waals surface area contributed by atoms with E-state index < -0.39 is 0 Å². The second-order valence-electron chi connectivity index (χ2n) is 4.44. The average Bonchev–Trinajstić information content (AvgIpc) is 2.36. The van der Waals surface area contributed by atoms with Crippen LogP contribution < -0.4 is 0 Å². The van der Waals surface area contributed by atoms with Gasteiger partial charge in [0.15, 0.2) is 0 Å². The lowest BCUT2D eigenvalue weighted by Crippen LogP contribution is -2.32. The molecule has 0 aromatic heterocycles. The Balaban J connectivity index is 2.71. The average molecular weight is 237 g/mol. The van der Waals surface area contributed by atoms with E-state index in [4.69, 9.17) is 5.11 Å². The lowest BCUT2D eigenvalue weighted by molar-refractivity contribution is 0.0912. The molecule has 0 aliphatic rings. The van der Waals surface area contributed by atoms with E-state index in [-0.39, 0.29) is 18.8 Å². The molecular weight excluding hydrogens is 214 g/mol. The third kappa shape index (κ3) is 4.46. The quantitative estimate of drug-likeness (QED) is 0.760. The maximum Gasteiger partial charge on any atom is 0.0664 e. The van der Waals surface area contributed by atoms with Gasteiger partial charge >= 0.3 is 0 Å². The van der Waals surface area contributed by atoms with E-state index >= 15 is 0 Å². The maximum absolute atomic E-state index is 9.69. The summed E-state index contributed by atoms with van der Waals surface area (Å²) in [6, 6.07) is 10.3. The van der Waals surface area contributed by atoms with E-state index in [1.165, 1.54) is 5.56 Å². The highest BCUT2D eigenvalue weighted by Gasteiger charge is 2.18. The Morgan fingerprint density at radius 1 is 1.24 bits per heavy atom. The molecule has 0 heterocycles. The molecule has 3 heteroatoms. The van der Waals surface area contributed by atoms with Gasteiger partial charge in [0.25, 0.3) is 0 Å². The fraction of sp³-hybridized carbons (Fsp3) is 0.571. The summed E-state index contributed by atoms with van der Waals surface area (Å²) >= 11 is 0. The van der Waals surface area contributed by atoms with Crippen molar-refractivity contribution in [2.45, 2.75) is 31.9 Å². The normalized spacial score (nSPS) is 14.9. The molecule has 1 unspecified atom stereocenters. The topological polar surface area (TPSA) is 43.7 Å². The molecule has 0 aliphatic heterocycles. The van der Waals surface area contributed by atoms with Crippen molar-refractivity contribution in [2.24, 2.45) is 0 Å². The first kappa shape index (κ1) is 14.2. The van der Waals surface area contributed by atoms with E-state index in [1.807, 2.05) is 32.2 Å². The number of rotatable bonds is 7. The number of benzene rings is 1. The monoisotopic (exact) mass is 237 g/mol. The summed E-state index contributed by atoms with van der Waals surface area (Å²) in [5.41, 5.74) is 1.19. The minimum Gasteiger partial charge on any atom is -0.396 e. The van der Waals surface area contributed by atoms with Crippen LogP contribution >= 0.6 is 0 Å². The molecular formula is C14H23NO2. The van der Waals surface area contributed by atoms with Crippen LogP contribution in [0.1, 0.15) is 31.4 Å². The van der Waals surface area contributed by atoms with Crippen LogP contribution in [0.5, 0.6) is 0 Å². The van der Waals surface area contributed by atoms with Gasteiger partial charge in [-0.3, -0.25) is 4.90 Å². The molecule has 1 aromatic rings. The molecule has 96 valence electrons. The Bertz CT molecular complexity index is 302. The first-order valence-corrected chi connectivity index (χ1v) is 6.23. The van der Waals surface area contributed by atoms with E-state index in [0.29, 0.717) is 13.0 Å². The van der Waals surface area contributed by atoms with E-state index in [9.17, 15) is 5.11 Å². The summed E-state index contributed by atoms with van der Waals surface area (Å²) in [5, 5.41) is 18.8. The molecule has 0 saturated carbocycles. The Morgan fingerprint density at radius 2 is 1.88 bits per heavy atom. The SMILES string of the molecule is CC[C@@H](O)CN(C)C(CCO)c1ccccc1. The van der Waals surface area contributed by atoms with E-state index in [1.54, 1.807) is 0 Å². The van der Waals surface area contributed by atoms with Crippen molar-refractivity contribution in [3.63, 3.8) is 0 Å².